The number of rotatable bonds is 3. The van der Waals surface area contributed by atoms with Crippen LogP contribution < -0.4 is 0 Å². The number of esters is 1. The number of benzene rings is 1. The van der Waals surface area contributed by atoms with Crippen LogP contribution in [-0.2, 0) is 19.8 Å². The molecule has 2 rings (SSSR count). The van der Waals surface area contributed by atoms with Gasteiger partial charge in [-0.3, -0.25) is 9.69 Å². The highest BCUT2D eigenvalue weighted by atomic mass is 16.5. The van der Waals surface area contributed by atoms with Crippen molar-refractivity contribution in [2.24, 2.45) is 0 Å². The van der Waals surface area contributed by atoms with Gasteiger partial charge in [-0.25, -0.2) is 0 Å². The number of methoxy groups -OCH3 is 1. The third kappa shape index (κ3) is 2.54. The van der Waals surface area contributed by atoms with Crippen LogP contribution in [0.3, 0.4) is 0 Å². The number of hydrogen-bond donors (Lipinski definition) is 0. The van der Waals surface area contributed by atoms with Gasteiger partial charge in [-0.15, -0.1) is 0 Å². The minimum Gasteiger partial charge on any atom is -0.468 e. The third-order valence-electron chi connectivity index (χ3n) is 3.53. The molecule has 1 fully saturated rings. The molecule has 1 saturated heterocycles. The van der Waals surface area contributed by atoms with Crippen molar-refractivity contribution in [2.45, 2.75) is 12.5 Å². The summed E-state index contributed by atoms with van der Waals surface area (Å²) in [5.74, 6) is -0.209. The lowest BCUT2D eigenvalue weighted by molar-refractivity contribution is -0.147. The summed E-state index contributed by atoms with van der Waals surface area (Å²) >= 11 is 0. The molecule has 1 atom stereocenters. The molecule has 1 aliphatic rings. The first-order valence-electron chi connectivity index (χ1n) is 6.12. The van der Waals surface area contributed by atoms with Gasteiger partial charge in [0.15, 0.2) is 0 Å². The standard InChI is InChI=1S/C14H19NO3/c1-14(12-6-4-3-5-7-12)11-18-9-8-15(14)10-13(16)17-2/h3-7H,8-11H2,1-2H3. The minimum absolute atomic E-state index is 0.209. The SMILES string of the molecule is COC(=O)CN1CCOCC1(C)c1ccccc1. The molecule has 4 nitrogen and oxygen atoms in total. The molecule has 98 valence electrons. The van der Waals surface area contributed by atoms with Crippen LogP contribution in [0.4, 0.5) is 0 Å². The van der Waals surface area contributed by atoms with Crippen molar-refractivity contribution in [3.63, 3.8) is 0 Å². The number of carbonyl (C=O) groups excluding carboxylic acids is 1. The first-order valence-corrected chi connectivity index (χ1v) is 6.12. The van der Waals surface area contributed by atoms with Crippen molar-refractivity contribution in [1.82, 2.24) is 4.90 Å². The topological polar surface area (TPSA) is 38.8 Å². The Morgan fingerprint density at radius 1 is 1.44 bits per heavy atom. The highest BCUT2D eigenvalue weighted by molar-refractivity contribution is 5.71. The summed E-state index contributed by atoms with van der Waals surface area (Å²) in [6.45, 7) is 4.38. The van der Waals surface area contributed by atoms with E-state index in [1.54, 1.807) is 0 Å². The van der Waals surface area contributed by atoms with Crippen LogP contribution in [-0.4, -0.2) is 44.3 Å². The predicted octanol–water partition coefficient (Wildman–Crippen LogP) is 1.41. The Bertz CT molecular complexity index is 407. The molecule has 0 N–H and O–H groups in total. The van der Waals surface area contributed by atoms with Crippen molar-refractivity contribution < 1.29 is 14.3 Å². The van der Waals surface area contributed by atoms with Crippen molar-refractivity contribution in [2.75, 3.05) is 33.4 Å². The smallest absolute Gasteiger partial charge is 0.319 e. The number of carbonyl (C=O) groups is 1. The fourth-order valence-corrected chi connectivity index (χ4v) is 2.32. The monoisotopic (exact) mass is 249 g/mol. The number of hydrogen-bond acceptors (Lipinski definition) is 4. The van der Waals surface area contributed by atoms with E-state index in [1.165, 1.54) is 7.11 Å². The zero-order chi connectivity index (χ0) is 13.0. The van der Waals surface area contributed by atoms with Crippen molar-refractivity contribution >= 4 is 5.97 Å². The third-order valence-corrected chi connectivity index (χ3v) is 3.53. The first kappa shape index (κ1) is 13.1. The molecule has 1 aromatic carbocycles. The highest BCUT2D eigenvalue weighted by Gasteiger charge is 2.37. The van der Waals surface area contributed by atoms with Gasteiger partial charge in [-0.05, 0) is 12.5 Å². The lowest BCUT2D eigenvalue weighted by Gasteiger charge is -2.44. The Morgan fingerprint density at radius 2 is 2.17 bits per heavy atom. The zero-order valence-corrected chi connectivity index (χ0v) is 10.9. The summed E-state index contributed by atoms with van der Waals surface area (Å²) < 4.78 is 10.4. The maximum atomic E-state index is 11.5. The number of morpholine rings is 1. The van der Waals surface area contributed by atoms with Crippen LogP contribution in [0.2, 0.25) is 0 Å². The van der Waals surface area contributed by atoms with Crippen LogP contribution in [0, 0.1) is 0 Å². The summed E-state index contributed by atoms with van der Waals surface area (Å²) in [6.07, 6.45) is 0. The maximum Gasteiger partial charge on any atom is 0.319 e. The molecule has 0 aromatic heterocycles. The van der Waals surface area contributed by atoms with Crippen LogP contribution in [0.15, 0.2) is 30.3 Å². The summed E-state index contributed by atoms with van der Waals surface area (Å²) in [7, 11) is 1.42. The lowest BCUT2D eigenvalue weighted by Crippen LogP contribution is -2.54. The molecule has 1 heterocycles. The highest BCUT2D eigenvalue weighted by Crippen LogP contribution is 2.30. The Balaban J connectivity index is 2.23. The maximum absolute atomic E-state index is 11.5. The summed E-state index contributed by atoms with van der Waals surface area (Å²) in [5.41, 5.74) is 0.891. The molecular formula is C14H19NO3. The van der Waals surface area contributed by atoms with Gasteiger partial charge in [0.2, 0.25) is 0 Å². The Hall–Kier alpha value is -1.39. The first-order chi connectivity index (χ1) is 8.66. The van der Waals surface area contributed by atoms with E-state index in [4.69, 9.17) is 9.47 Å². The molecule has 0 spiro atoms. The van der Waals surface area contributed by atoms with E-state index in [-0.39, 0.29) is 11.5 Å². The second-order valence-corrected chi connectivity index (χ2v) is 4.69. The van der Waals surface area contributed by atoms with Gasteiger partial charge in [0.05, 0.1) is 32.4 Å². The lowest BCUT2D eigenvalue weighted by atomic mass is 9.90. The quantitative estimate of drug-likeness (QED) is 0.759. The molecule has 0 bridgehead atoms. The van der Waals surface area contributed by atoms with Gasteiger partial charge in [0.25, 0.3) is 0 Å². The Kier molecular flexibility index (Phi) is 3.99. The van der Waals surface area contributed by atoms with E-state index in [0.29, 0.717) is 19.8 Å². The van der Waals surface area contributed by atoms with E-state index >= 15 is 0 Å². The van der Waals surface area contributed by atoms with E-state index in [9.17, 15) is 4.79 Å². The van der Waals surface area contributed by atoms with E-state index in [2.05, 4.69) is 24.0 Å². The Morgan fingerprint density at radius 3 is 2.83 bits per heavy atom. The average Bonchev–Trinajstić information content (AvgIpc) is 2.42. The normalized spacial score (nSPS) is 24.8. The zero-order valence-electron chi connectivity index (χ0n) is 10.9. The fourth-order valence-electron chi connectivity index (χ4n) is 2.32. The average molecular weight is 249 g/mol. The van der Waals surface area contributed by atoms with Crippen LogP contribution in [0.1, 0.15) is 12.5 Å². The van der Waals surface area contributed by atoms with Crippen molar-refractivity contribution in [3.8, 4) is 0 Å². The molecule has 1 aliphatic heterocycles. The van der Waals surface area contributed by atoms with Crippen LogP contribution >= 0.6 is 0 Å². The second-order valence-electron chi connectivity index (χ2n) is 4.69. The second kappa shape index (κ2) is 5.50. The van der Waals surface area contributed by atoms with Gasteiger partial charge in [0, 0.05) is 6.54 Å². The van der Waals surface area contributed by atoms with Crippen LogP contribution in [0.25, 0.3) is 0 Å². The molecule has 0 radical (unpaired) electrons. The molecule has 1 unspecified atom stereocenters. The van der Waals surface area contributed by atoms with Gasteiger partial charge < -0.3 is 9.47 Å². The van der Waals surface area contributed by atoms with E-state index in [1.807, 2.05) is 18.2 Å². The molecule has 0 amide bonds. The molecule has 0 aliphatic carbocycles. The number of ether oxygens (including phenoxy) is 2. The molecule has 18 heavy (non-hydrogen) atoms. The summed E-state index contributed by atoms with van der Waals surface area (Å²) in [4.78, 5) is 13.6. The minimum atomic E-state index is -0.270. The van der Waals surface area contributed by atoms with Crippen molar-refractivity contribution in [1.29, 1.82) is 0 Å². The van der Waals surface area contributed by atoms with Crippen LogP contribution in [0.5, 0.6) is 0 Å². The van der Waals surface area contributed by atoms with Gasteiger partial charge in [-0.1, -0.05) is 30.3 Å². The molecule has 1 aromatic rings. The molecular weight excluding hydrogens is 230 g/mol. The fraction of sp³-hybridized carbons (Fsp3) is 0.500. The summed E-state index contributed by atoms with van der Waals surface area (Å²) in [5, 5.41) is 0. The molecule has 0 saturated carbocycles. The Labute approximate surface area is 107 Å². The summed E-state index contributed by atoms with van der Waals surface area (Å²) in [6, 6.07) is 10.1. The van der Waals surface area contributed by atoms with Crippen molar-refractivity contribution in [3.05, 3.63) is 35.9 Å². The van der Waals surface area contributed by atoms with E-state index in [0.717, 1.165) is 12.1 Å². The van der Waals surface area contributed by atoms with E-state index < -0.39 is 0 Å². The van der Waals surface area contributed by atoms with Gasteiger partial charge in [0.1, 0.15) is 0 Å². The largest absolute Gasteiger partial charge is 0.468 e. The van der Waals surface area contributed by atoms with Gasteiger partial charge >= 0.3 is 5.97 Å². The van der Waals surface area contributed by atoms with Gasteiger partial charge in [-0.2, -0.15) is 0 Å². The number of nitrogens with zero attached hydrogens (tertiary/aromatic N) is 1. The predicted molar refractivity (Wildman–Crippen MR) is 68.2 cm³/mol. The molecule has 4 heteroatoms.